The standard InChI is InChI=1S/C12H20S/c1-4-7-9-8-12(13)11(6-3)10(9)5-2/h5,9,12-13H,2,4,6-8H2,1,3H3. The van der Waals surface area contributed by atoms with Gasteiger partial charge in [-0.1, -0.05) is 38.5 Å². The van der Waals surface area contributed by atoms with Crippen LogP contribution in [0.25, 0.3) is 0 Å². The van der Waals surface area contributed by atoms with Crippen LogP contribution in [0.15, 0.2) is 23.8 Å². The number of rotatable bonds is 4. The molecule has 1 heteroatoms. The minimum Gasteiger partial charge on any atom is -0.171 e. The first-order valence-corrected chi connectivity index (χ1v) is 5.79. The van der Waals surface area contributed by atoms with E-state index in [1.54, 1.807) is 0 Å². The molecule has 0 bridgehead atoms. The van der Waals surface area contributed by atoms with E-state index in [1.165, 1.54) is 30.4 Å². The molecule has 0 fully saturated rings. The smallest absolute Gasteiger partial charge is 0.0237 e. The van der Waals surface area contributed by atoms with Crippen molar-refractivity contribution in [2.24, 2.45) is 5.92 Å². The summed E-state index contributed by atoms with van der Waals surface area (Å²) in [6.07, 6.45) is 6.97. The van der Waals surface area contributed by atoms with Crippen molar-refractivity contribution in [2.75, 3.05) is 0 Å². The van der Waals surface area contributed by atoms with Gasteiger partial charge in [0.15, 0.2) is 0 Å². The Kier molecular flexibility index (Phi) is 4.11. The highest BCUT2D eigenvalue weighted by atomic mass is 32.1. The SMILES string of the molecule is C=CC1=C(CC)C(S)CC1CCC. The Morgan fingerprint density at radius 1 is 1.54 bits per heavy atom. The summed E-state index contributed by atoms with van der Waals surface area (Å²) in [4.78, 5) is 0. The van der Waals surface area contributed by atoms with Crippen molar-refractivity contribution in [3.63, 3.8) is 0 Å². The molecule has 0 heterocycles. The molecule has 1 rings (SSSR count). The van der Waals surface area contributed by atoms with Crippen LogP contribution in [0.5, 0.6) is 0 Å². The average molecular weight is 196 g/mol. The maximum absolute atomic E-state index is 4.63. The maximum Gasteiger partial charge on any atom is 0.0237 e. The van der Waals surface area contributed by atoms with E-state index in [1.807, 2.05) is 0 Å². The van der Waals surface area contributed by atoms with Gasteiger partial charge in [-0.05, 0) is 30.8 Å². The minimum absolute atomic E-state index is 0.495. The quantitative estimate of drug-likeness (QED) is 0.646. The molecule has 0 amide bonds. The number of thiol groups is 1. The zero-order chi connectivity index (χ0) is 9.84. The molecular weight excluding hydrogens is 176 g/mol. The van der Waals surface area contributed by atoms with Gasteiger partial charge in [0.05, 0.1) is 0 Å². The van der Waals surface area contributed by atoms with E-state index in [9.17, 15) is 0 Å². The van der Waals surface area contributed by atoms with Crippen LogP contribution in [0.2, 0.25) is 0 Å². The summed E-state index contributed by atoms with van der Waals surface area (Å²) in [5, 5.41) is 0.495. The van der Waals surface area contributed by atoms with Crippen LogP contribution < -0.4 is 0 Å². The zero-order valence-electron chi connectivity index (χ0n) is 8.71. The summed E-state index contributed by atoms with van der Waals surface area (Å²) in [7, 11) is 0. The second-order valence-electron chi connectivity index (χ2n) is 3.78. The van der Waals surface area contributed by atoms with Crippen LogP contribution in [0.4, 0.5) is 0 Å². The molecule has 74 valence electrons. The highest BCUT2D eigenvalue weighted by Gasteiger charge is 2.27. The van der Waals surface area contributed by atoms with Crippen LogP contribution in [-0.2, 0) is 0 Å². The molecule has 0 aromatic heterocycles. The van der Waals surface area contributed by atoms with Crippen LogP contribution in [-0.4, -0.2) is 5.25 Å². The third-order valence-electron chi connectivity index (χ3n) is 2.96. The molecule has 0 aromatic carbocycles. The van der Waals surface area contributed by atoms with Gasteiger partial charge in [0.1, 0.15) is 0 Å². The second kappa shape index (κ2) is 4.90. The second-order valence-corrected chi connectivity index (χ2v) is 4.40. The van der Waals surface area contributed by atoms with Crippen molar-refractivity contribution < 1.29 is 0 Å². The molecule has 0 nitrogen and oxygen atoms in total. The molecule has 0 aliphatic heterocycles. The van der Waals surface area contributed by atoms with E-state index in [0.29, 0.717) is 5.25 Å². The third kappa shape index (κ3) is 2.19. The normalized spacial score (nSPS) is 28.2. The number of allylic oxidation sites excluding steroid dienone is 2. The fourth-order valence-electron chi connectivity index (χ4n) is 2.35. The minimum atomic E-state index is 0.495. The maximum atomic E-state index is 4.63. The first kappa shape index (κ1) is 10.9. The molecule has 0 spiro atoms. The van der Waals surface area contributed by atoms with Gasteiger partial charge in [-0.15, -0.1) is 0 Å². The van der Waals surface area contributed by atoms with E-state index in [2.05, 4.69) is 39.1 Å². The molecule has 0 saturated carbocycles. The Balaban J connectivity index is 2.82. The lowest BCUT2D eigenvalue weighted by Crippen LogP contribution is -1.99. The highest BCUT2D eigenvalue weighted by Crippen LogP contribution is 2.39. The van der Waals surface area contributed by atoms with Gasteiger partial charge in [-0.25, -0.2) is 0 Å². The summed E-state index contributed by atoms with van der Waals surface area (Å²) in [6.45, 7) is 8.38. The Labute approximate surface area is 87.5 Å². The monoisotopic (exact) mass is 196 g/mol. The Bertz CT molecular complexity index is 215. The van der Waals surface area contributed by atoms with E-state index < -0.39 is 0 Å². The van der Waals surface area contributed by atoms with Crippen molar-refractivity contribution in [2.45, 2.75) is 44.8 Å². The van der Waals surface area contributed by atoms with Gasteiger partial charge >= 0.3 is 0 Å². The highest BCUT2D eigenvalue weighted by molar-refractivity contribution is 7.81. The molecule has 1 aliphatic rings. The molecule has 2 atom stereocenters. The van der Waals surface area contributed by atoms with Crippen LogP contribution in [0.3, 0.4) is 0 Å². The summed E-state index contributed by atoms with van der Waals surface area (Å²) in [5.41, 5.74) is 3.01. The van der Waals surface area contributed by atoms with Crippen molar-refractivity contribution in [3.8, 4) is 0 Å². The lowest BCUT2D eigenvalue weighted by molar-refractivity contribution is 0.557. The summed E-state index contributed by atoms with van der Waals surface area (Å²) in [6, 6.07) is 0. The van der Waals surface area contributed by atoms with Crippen LogP contribution >= 0.6 is 12.6 Å². The molecular formula is C12H20S. The molecule has 1 aliphatic carbocycles. The molecule has 0 aromatic rings. The van der Waals surface area contributed by atoms with Crippen molar-refractivity contribution >= 4 is 12.6 Å². The van der Waals surface area contributed by atoms with E-state index in [-0.39, 0.29) is 0 Å². The van der Waals surface area contributed by atoms with Gasteiger partial charge < -0.3 is 0 Å². The molecule has 0 saturated heterocycles. The Morgan fingerprint density at radius 3 is 2.69 bits per heavy atom. The lowest BCUT2D eigenvalue weighted by Gasteiger charge is -2.10. The van der Waals surface area contributed by atoms with E-state index >= 15 is 0 Å². The molecule has 2 unspecified atom stereocenters. The fourth-order valence-corrected chi connectivity index (χ4v) is 2.94. The van der Waals surface area contributed by atoms with Crippen molar-refractivity contribution in [3.05, 3.63) is 23.8 Å². The predicted octanol–water partition coefficient (Wildman–Crippen LogP) is 4.00. The van der Waals surface area contributed by atoms with E-state index in [0.717, 1.165) is 12.3 Å². The lowest BCUT2D eigenvalue weighted by atomic mass is 9.95. The topological polar surface area (TPSA) is 0 Å². The summed E-state index contributed by atoms with van der Waals surface area (Å²) < 4.78 is 0. The largest absolute Gasteiger partial charge is 0.171 e. The number of hydrogen-bond acceptors (Lipinski definition) is 1. The third-order valence-corrected chi connectivity index (χ3v) is 3.48. The van der Waals surface area contributed by atoms with Gasteiger partial charge in [0.25, 0.3) is 0 Å². The van der Waals surface area contributed by atoms with Gasteiger partial charge in [-0.2, -0.15) is 12.6 Å². The van der Waals surface area contributed by atoms with Crippen LogP contribution in [0, 0.1) is 5.92 Å². The van der Waals surface area contributed by atoms with Crippen molar-refractivity contribution in [1.29, 1.82) is 0 Å². The van der Waals surface area contributed by atoms with Crippen LogP contribution in [0.1, 0.15) is 39.5 Å². The van der Waals surface area contributed by atoms with Crippen molar-refractivity contribution in [1.82, 2.24) is 0 Å². The fraction of sp³-hybridized carbons (Fsp3) is 0.667. The average Bonchev–Trinajstić information content (AvgIpc) is 2.41. The summed E-state index contributed by atoms with van der Waals surface area (Å²) in [5.74, 6) is 0.736. The summed E-state index contributed by atoms with van der Waals surface area (Å²) >= 11 is 4.63. The number of hydrogen-bond donors (Lipinski definition) is 1. The zero-order valence-corrected chi connectivity index (χ0v) is 9.61. The predicted molar refractivity (Wildman–Crippen MR) is 63.3 cm³/mol. The van der Waals surface area contributed by atoms with E-state index in [4.69, 9.17) is 0 Å². The molecule has 0 N–H and O–H groups in total. The molecule has 13 heavy (non-hydrogen) atoms. The first-order valence-electron chi connectivity index (χ1n) is 5.27. The Morgan fingerprint density at radius 2 is 2.23 bits per heavy atom. The first-order chi connectivity index (χ1) is 6.24. The van der Waals surface area contributed by atoms with Gasteiger partial charge in [-0.3, -0.25) is 0 Å². The molecule has 0 radical (unpaired) electrons. The van der Waals surface area contributed by atoms with Gasteiger partial charge in [0.2, 0.25) is 0 Å². The Hall–Kier alpha value is -0.170. The van der Waals surface area contributed by atoms with Gasteiger partial charge in [0, 0.05) is 5.25 Å².